The Balaban J connectivity index is 2.11. The predicted octanol–water partition coefficient (Wildman–Crippen LogP) is 4.85. The minimum atomic E-state index is -4.20. The van der Waals surface area contributed by atoms with Crippen LogP contribution in [0.5, 0.6) is 0 Å². The molecule has 1 aromatic carbocycles. The van der Waals surface area contributed by atoms with Gasteiger partial charge in [0.25, 0.3) is 10.1 Å². The van der Waals surface area contributed by atoms with E-state index >= 15 is 0 Å². The van der Waals surface area contributed by atoms with Gasteiger partial charge in [-0.2, -0.15) is 8.42 Å². The SMILES string of the molecule is CCCCCCCCCCCCNc1ccc(S(=O)(=O)O)cc1N. The third-order valence-corrected chi connectivity index (χ3v) is 5.02. The van der Waals surface area contributed by atoms with Crippen molar-refractivity contribution in [3.05, 3.63) is 18.2 Å². The number of nitrogens with one attached hydrogen (secondary N) is 1. The summed E-state index contributed by atoms with van der Waals surface area (Å²) < 4.78 is 31.0. The van der Waals surface area contributed by atoms with Crippen LogP contribution >= 0.6 is 0 Å². The van der Waals surface area contributed by atoms with Gasteiger partial charge in [0, 0.05) is 6.54 Å². The molecule has 24 heavy (non-hydrogen) atoms. The standard InChI is InChI=1S/C18H32N2O3S/c1-2-3-4-5-6-7-8-9-10-11-14-20-18-13-12-16(15-17(18)19)24(21,22)23/h12-13,15,20H,2-11,14,19H2,1H3,(H,21,22,23). The van der Waals surface area contributed by atoms with E-state index in [9.17, 15) is 8.42 Å². The van der Waals surface area contributed by atoms with Crippen LogP contribution in [-0.2, 0) is 10.1 Å². The molecule has 0 saturated carbocycles. The van der Waals surface area contributed by atoms with Crippen LogP contribution in [0.2, 0.25) is 0 Å². The summed E-state index contributed by atoms with van der Waals surface area (Å²) in [6, 6.07) is 4.22. The minimum absolute atomic E-state index is 0.176. The van der Waals surface area contributed by atoms with Gasteiger partial charge in [-0.15, -0.1) is 0 Å². The molecule has 0 aliphatic carbocycles. The lowest BCUT2D eigenvalue weighted by atomic mass is 10.1. The summed E-state index contributed by atoms with van der Waals surface area (Å²) in [5, 5.41) is 3.22. The molecule has 5 nitrogen and oxygen atoms in total. The van der Waals surface area contributed by atoms with Crippen molar-refractivity contribution in [1.29, 1.82) is 0 Å². The Morgan fingerprint density at radius 2 is 1.50 bits per heavy atom. The molecule has 0 spiro atoms. The first-order valence-corrected chi connectivity index (χ1v) is 10.5. The van der Waals surface area contributed by atoms with Crippen molar-refractivity contribution >= 4 is 21.5 Å². The van der Waals surface area contributed by atoms with Crippen LogP contribution in [0, 0.1) is 0 Å². The molecule has 0 aromatic heterocycles. The van der Waals surface area contributed by atoms with E-state index in [0.29, 0.717) is 11.4 Å². The van der Waals surface area contributed by atoms with E-state index in [0.717, 1.165) is 13.0 Å². The van der Waals surface area contributed by atoms with Crippen molar-refractivity contribution in [2.75, 3.05) is 17.6 Å². The highest BCUT2D eigenvalue weighted by molar-refractivity contribution is 7.85. The molecule has 1 aromatic rings. The van der Waals surface area contributed by atoms with E-state index in [1.165, 1.54) is 69.9 Å². The van der Waals surface area contributed by atoms with Crippen LogP contribution in [-0.4, -0.2) is 19.5 Å². The van der Waals surface area contributed by atoms with Gasteiger partial charge < -0.3 is 11.1 Å². The normalized spacial score (nSPS) is 11.6. The molecule has 0 atom stereocenters. The Hall–Kier alpha value is -1.27. The minimum Gasteiger partial charge on any atom is -0.397 e. The third-order valence-electron chi connectivity index (χ3n) is 4.17. The van der Waals surface area contributed by atoms with Gasteiger partial charge >= 0.3 is 0 Å². The maximum Gasteiger partial charge on any atom is 0.294 e. The zero-order chi connectivity index (χ0) is 17.8. The van der Waals surface area contributed by atoms with Crippen molar-refractivity contribution in [2.45, 2.75) is 76.0 Å². The van der Waals surface area contributed by atoms with Gasteiger partial charge in [-0.25, -0.2) is 0 Å². The van der Waals surface area contributed by atoms with E-state index in [-0.39, 0.29) is 4.90 Å². The van der Waals surface area contributed by atoms with Crippen LogP contribution < -0.4 is 11.1 Å². The fourth-order valence-corrected chi connectivity index (χ4v) is 3.21. The summed E-state index contributed by atoms with van der Waals surface area (Å²) >= 11 is 0. The van der Waals surface area contributed by atoms with E-state index < -0.39 is 10.1 Å². The molecule has 4 N–H and O–H groups in total. The van der Waals surface area contributed by atoms with E-state index in [1.54, 1.807) is 6.07 Å². The van der Waals surface area contributed by atoms with Crippen LogP contribution in [0.25, 0.3) is 0 Å². The molecule has 138 valence electrons. The Kier molecular flexibility index (Phi) is 9.79. The molecule has 0 aliphatic rings. The Labute approximate surface area is 146 Å². The van der Waals surface area contributed by atoms with E-state index in [4.69, 9.17) is 10.3 Å². The van der Waals surface area contributed by atoms with Crippen molar-refractivity contribution < 1.29 is 13.0 Å². The zero-order valence-corrected chi connectivity index (χ0v) is 15.6. The molecule has 0 radical (unpaired) electrons. The highest BCUT2D eigenvalue weighted by Crippen LogP contribution is 2.22. The lowest BCUT2D eigenvalue weighted by Gasteiger charge is -2.10. The van der Waals surface area contributed by atoms with E-state index in [1.807, 2.05) is 0 Å². The van der Waals surface area contributed by atoms with Crippen LogP contribution in [0.4, 0.5) is 11.4 Å². The molecular formula is C18H32N2O3S. The summed E-state index contributed by atoms with van der Waals surface area (Å²) in [5.41, 5.74) is 6.85. The number of rotatable bonds is 13. The highest BCUT2D eigenvalue weighted by atomic mass is 32.2. The van der Waals surface area contributed by atoms with Crippen LogP contribution in [0.3, 0.4) is 0 Å². The topological polar surface area (TPSA) is 92.4 Å². The second-order valence-corrected chi connectivity index (χ2v) is 7.75. The van der Waals surface area contributed by atoms with E-state index in [2.05, 4.69) is 12.2 Å². The fraction of sp³-hybridized carbons (Fsp3) is 0.667. The molecule has 0 amide bonds. The quantitative estimate of drug-likeness (QED) is 0.267. The number of hydrogen-bond acceptors (Lipinski definition) is 4. The summed E-state index contributed by atoms with van der Waals surface area (Å²) in [7, 11) is -4.20. The summed E-state index contributed by atoms with van der Waals surface area (Å²) in [4.78, 5) is -0.176. The van der Waals surface area contributed by atoms with Crippen molar-refractivity contribution in [3.63, 3.8) is 0 Å². The number of hydrogen-bond donors (Lipinski definition) is 3. The summed E-state index contributed by atoms with van der Waals surface area (Å²) in [6.45, 7) is 3.05. The molecular weight excluding hydrogens is 324 g/mol. The molecule has 0 saturated heterocycles. The smallest absolute Gasteiger partial charge is 0.294 e. The lowest BCUT2D eigenvalue weighted by Crippen LogP contribution is -2.06. The summed E-state index contributed by atoms with van der Waals surface area (Å²) in [5.74, 6) is 0. The molecule has 0 aliphatic heterocycles. The molecule has 6 heteroatoms. The maximum atomic E-state index is 11.0. The monoisotopic (exact) mass is 356 g/mol. The number of nitrogen functional groups attached to an aromatic ring is 1. The predicted molar refractivity (Wildman–Crippen MR) is 101 cm³/mol. The molecule has 0 heterocycles. The Morgan fingerprint density at radius 1 is 0.958 bits per heavy atom. The lowest BCUT2D eigenvalue weighted by molar-refractivity contribution is 0.483. The van der Waals surface area contributed by atoms with Gasteiger partial charge in [0.1, 0.15) is 0 Å². The van der Waals surface area contributed by atoms with Gasteiger partial charge in [0.15, 0.2) is 0 Å². The highest BCUT2D eigenvalue weighted by Gasteiger charge is 2.11. The van der Waals surface area contributed by atoms with Crippen LogP contribution in [0.15, 0.2) is 23.1 Å². The second-order valence-electron chi connectivity index (χ2n) is 6.33. The molecule has 1 rings (SSSR count). The average Bonchev–Trinajstić information content (AvgIpc) is 2.53. The van der Waals surface area contributed by atoms with Gasteiger partial charge in [0.2, 0.25) is 0 Å². The average molecular weight is 357 g/mol. The Morgan fingerprint density at radius 3 is 2.00 bits per heavy atom. The van der Waals surface area contributed by atoms with Crippen molar-refractivity contribution in [1.82, 2.24) is 0 Å². The number of benzene rings is 1. The Bertz CT molecular complexity index is 574. The number of nitrogens with two attached hydrogens (primary N) is 1. The van der Waals surface area contributed by atoms with Gasteiger partial charge in [-0.3, -0.25) is 4.55 Å². The van der Waals surface area contributed by atoms with Crippen molar-refractivity contribution in [3.8, 4) is 0 Å². The fourth-order valence-electron chi connectivity index (χ4n) is 2.70. The van der Waals surface area contributed by atoms with Gasteiger partial charge in [0.05, 0.1) is 16.3 Å². The first-order chi connectivity index (χ1) is 11.4. The third kappa shape index (κ3) is 8.55. The maximum absolute atomic E-state index is 11.0. The zero-order valence-electron chi connectivity index (χ0n) is 14.8. The largest absolute Gasteiger partial charge is 0.397 e. The van der Waals surface area contributed by atoms with Gasteiger partial charge in [-0.05, 0) is 24.6 Å². The molecule has 0 unspecified atom stereocenters. The van der Waals surface area contributed by atoms with Gasteiger partial charge in [-0.1, -0.05) is 64.7 Å². The molecule has 0 bridgehead atoms. The molecule has 0 fully saturated rings. The number of anilines is 2. The number of unbranched alkanes of at least 4 members (excludes halogenated alkanes) is 9. The summed E-state index contributed by atoms with van der Waals surface area (Å²) in [6.07, 6.45) is 12.9. The van der Waals surface area contributed by atoms with Crippen LogP contribution in [0.1, 0.15) is 71.1 Å². The van der Waals surface area contributed by atoms with Crippen molar-refractivity contribution in [2.24, 2.45) is 0 Å². The first kappa shape index (κ1) is 20.8. The second kappa shape index (κ2) is 11.3. The first-order valence-electron chi connectivity index (χ1n) is 9.06.